The number of amides is 1. The molecule has 0 aromatic heterocycles. The number of carbonyl (C=O) groups is 1. The van der Waals surface area contributed by atoms with Crippen molar-refractivity contribution < 1.29 is 13.6 Å². The second-order valence-electron chi connectivity index (χ2n) is 7.80. The fourth-order valence-electron chi connectivity index (χ4n) is 4.23. The Bertz CT molecular complexity index is 1220. The van der Waals surface area contributed by atoms with Crippen LogP contribution in [0.25, 0.3) is 0 Å². The Labute approximate surface area is 194 Å². The minimum Gasteiger partial charge on any atom is -0.303 e. The number of hydrogen-bond donors (Lipinski definition) is 0. The molecule has 2 fully saturated rings. The van der Waals surface area contributed by atoms with E-state index in [9.17, 15) is 13.6 Å². The number of halogens is 3. The van der Waals surface area contributed by atoms with Crippen LogP contribution in [0, 0.1) is 34.3 Å². The normalized spacial score (nSPS) is 16.8. The van der Waals surface area contributed by atoms with Gasteiger partial charge in [-0.25, -0.2) is 8.78 Å². The van der Waals surface area contributed by atoms with Gasteiger partial charge in [-0.1, -0.05) is 17.7 Å². The first kappa shape index (κ1) is 22.1. The Hall–Kier alpha value is -3.07. The molecule has 0 radical (unpaired) electrons. The number of unbranched alkanes of at least 4 members (excludes halogenated alkanes) is 1. The van der Waals surface area contributed by atoms with Gasteiger partial charge in [0.1, 0.15) is 17.4 Å². The molecule has 0 unspecified atom stereocenters. The molecule has 0 atom stereocenters. The molecule has 1 aliphatic heterocycles. The summed E-state index contributed by atoms with van der Waals surface area (Å²) in [5.41, 5.74) is -0.295. The molecule has 1 saturated heterocycles. The number of benzene rings is 2. The molecular formula is C23H17ClF2N4OS. The van der Waals surface area contributed by atoms with Crippen LogP contribution in [0.4, 0.5) is 20.2 Å². The minimum atomic E-state index is -1.00. The summed E-state index contributed by atoms with van der Waals surface area (Å²) in [5.74, 6) is -1.75. The van der Waals surface area contributed by atoms with E-state index in [-0.39, 0.29) is 21.4 Å². The lowest BCUT2D eigenvalue weighted by Crippen LogP contribution is -2.55. The van der Waals surface area contributed by atoms with E-state index in [2.05, 4.69) is 0 Å². The van der Waals surface area contributed by atoms with Gasteiger partial charge in [0.2, 0.25) is 0 Å². The standard InChI is InChI=1S/C23H17ClF2N4OS/c24-19-15(13-28)6-8-18(20(19)26)29-21(31)23(9-3-10-23)30(22(29)32)16-7-5-14(17(25)12-16)4-1-2-11-27/h5-8,12H,1-4,9-10H2. The van der Waals surface area contributed by atoms with Gasteiger partial charge in [0.15, 0.2) is 10.9 Å². The highest BCUT2D eigenvalue weighted by Crippen LogP contribution is 2.48. The molecule has 1 aliphatic carbocycles. The van der Waals surface area contributed by atoms with Gasteiger partial charge in [0, 0.05) is 12.1 Å². The number of thiocarbonyl (C=S) groups is 1. The van der Waals surface area contributed by atoms with Crippen LogP contribution in [0.3, 0.4) is 0 Å². The highest BCUT2D eigenvalue weighted by Gasteiger charge is 2.60. The van der Waals surface area contributed by atoms with Gasteiger partial charge in [-0.3, -0.25) is 9.69 Å². The van der Waals surface area contributed by atoms with Crippen molar-refractivity contribution in [3.63, 3.8) is 0 Å². The molecule has 1 heterocycles. The second kappa shape index (κ2) is 8.46. The Morgan fingerprint density at radius 1 is 1.19 bits per heavy atom. The Kier molecular flexibility index (Phi) is 5.85. The summed E-state index contributed by atoms with van der Waals surface area (Å²) in [6.07, 6.45) is 3.09. The molecule has 1 spiro atoms. The number of rotatable bonds is 5. The summed E-state index contributed by atoms with van der Waals surface area (Å²) in [7, 11) is 0. The van der Waals surface area contributed by atoms with Crippen LogP contribution in [0.15, 0.2) is 30.3 Å². The van der Waals surface area contributed by atoms with Crippen molar-refractivity contribution in [2.75, 3.05) is 9.80 Å². The number of carbonyl (C=O) groups excluding carboxylic acids is 1. The van der Waals surface area contributed by atoms with Crippen molar-refractivity contribution in [2.45, 2.75) is 44.1 Å². The third kappa shape index (κ3) is 3.31. The van der Waals surface area contributed by atoms with Gasteiger partial charge in [0.05, 0.1) is 22.3 Å². The van der Waals surface area contributed by atoms with Crippen LogP contribution in [0.1, 0.15) is 43.2 Å². The maximum absolute atomic E-state index is 15.0. The third-order valence-corrected chi connectivity index (χ3v) is 6.78. The number of anilines is 2. The molecule has 1 amide bonds. The Balaban J connectivity index is 1.73. The van der Waals surface area contributed by atoms with Gasteiger partial charge in [-0.05, 0) is 74.2 Å². The quantitative estimate of drug-likeness (QED) is 0.432. The van der Waals surface area contributed by atoms with E-state index < -0.39 is 23.1 Å². The molecule has 2 aromatic carbocycles. The number of nitriles is 2. The summed E-state index contributed by atoms with van der Waals surface area (Å²) in [6.45, 7) is 0. The number of nitrogens with zero attached hydrogens (tertiary/aromatic N) is 4. The van der Waals surface area contributed by atoms with Crippen molar-refractivity contribution in [2.24, 2.45) is 0 Å². The fourth-order valence-corrected chi connectivity index (χ4v) is 4.89. The van der Waals surface area contributed by atoms with Crippen LogP contribution in [-0.2, 0) is 11.2 Å². The zero-order valence-electron chi connectivity index (χ0n) is 16.9. The first-order valence-electron chi connectivity index (χ1n) is 10.1. The van der Waals surface area contributed by atoms with Crippen molar-refractivity contribution in [3.05, 3.63) is 58.1 Å². The number of aryl methyl sites for hydroxylation is 1. The molecule has 32 heavy (non-hydrogen) atoms. The van der Waals surface area contributed by atoms with Crippen LogP contribution >= 0.6 is 23.8 Å². The molecule has 162 valence electrons. The van der Waals surface area contributed by atoms with Gasteiger partial charge in [-0.15, -0.1) is 0 Å². The Morgan fingerprint density at radius 2 is 1.94 bits per heavy atom. The van der Waals surface area contributed by atoms with Crippen LogP contribution in [-0.4, -0.2) is 16.6 Å². The lowest BCUT2D eigenvalue weighted by atomic mass is 9.75. The van der Waals surface area contributed by atoms with E-state index in [4.69, 9.17) is 34.3 Å². The minimum absolute atomic E-state index is 0.0333. The third-order valence-electron chi connectivity index (χ3n) is 6.05. The van der Waals surface area contributed by atoms with Gasteiger partial charge in [0.25, 0.3) is 5.91 Å². The monoisotopic (exact) mass is 470 g/mol. The summed E-state index contributed by atoms with van der Waals surface area (Å²) in [4.78, 5) is 16.1. The molecule has 5 nitrogen and oxygen atoms in total. The highest BCUT2D eigenvalue weighted by molar-refractivity contribution is 7.81. The zero-order chi connectivity index (χ0) is 23.0. The fraction of sp³-hybridized carbons (Fsp3) is 0.304. The molecule has 2 aromatic rings. The molecule has 1 saturated carbocycles. The molecule has 9 heteroatoms. The first-order valence-corrected chi connectivity index (χ1v) is 10.9. The maximum atomic E-state index is 15.0. The summed E-state index contributed by atoms with van der Waals surface area (Å²) in [6, 6.07) is 11.1. The lowest BCUT2D eigenvalue weighted by molar-refractivity contribution is -0.123. The largest absolute Gasteiger partial charge is 0.303 e. The summed E-state index contributed by atoms with van der Waals surface area (Å²) in [5, 5.41) is 17.4. The van der Waals surface area contributed by atoms with E-state index in [0.717, 1.165) is 11.3 Å². The predicted molar refractivity (Wildman–Crippen MR) is 120 cm³/mol. The molecule has 0 N–H and O–H groups in total. The molecule has 0 bridgehead atoms. The maximum Gasteiger partial charge on any atom is 0.259 e. The molecular weight excluding hydrogens is 454 g/mol. The highest BCUT2D eigenvalue weighted by atomic mass is 35.5. The number of hydrogen-bond acceptors (Lipinski definition) is 4. The van der Waals surface area contributed by atoms with Crippen LogP contribution in [0.2, 0.25) is 5.02 Å². The van der Waals surface area contributed by atoms with Crippen LogP contribution < -0.4 is 9.80 Å². The van der Waals surface area contributed by atoms with Gasteiger partial charge >= 0.3 is 0 Å². The predicted octanol–water partition coefficient (Wildman–Crippen LogP) is 5.40. The smallest absolute Gasteiger partial charge is 0.259 e. The van der Waals surface area contributed by atoms with E-state index in [1.54, 1.807) is 23.1 Å². The zero-order valence-corrected chi connectivity index (χ0v) is 18.4. The van der Waals surface area contributed by atoms with Crippen molar-refractivity contribution in [1.82, 2.24) is 0 Å². The average Bonchev–Trinajstić information content (AvgIpc) is 2.98. The summed E-state index contributed by atoms with van der Waals surface area (Å²) < 4.78 is 29.8. The molecule has 2 aliphatic rings. The second-order valence-corrected chi connectivity index (χ2v) is 8.55. The SMILES string of the molecule is N#CCCCc1ccc(N2C(=S)N(c3ccc(C#N)c(Cl)c3F)C(=O)C23CCC3)cc1F. The average molecular weight is 471 g/mol. The van der Waals surface area contributed by atoms with Crippen molar-refractivity contribution >= 4 is 46.2 Å². The van der Waals surface area contributed by atoms with Crippen LogP contribution in [0.5, 0.6) is 0 Å². The van der Waals surface area contributed by atoms with Crippen molar-refractivity contribution in [3.8, 4) is 12.1 Å². The van der Waals surface area contributed by atoms with E-state index in [1.165, 1.54) is 18.2 Å². The topological polar surface area (TPSA) is 71.1 Å². The lowest BCUT2D eigenvalue weighted by Gasteiger charge is -2.43. The molecule has 4 rings (SSSR count). The van der Waals surface area contributed by atoms with E-state index in [1.807, 2.05) is 6.07 Å². The summed E-state index contributed by atoms with van der Waals surface area (Å²) >= 11 is 11.5. The van der Waals surface area contributed by atoms with Crippen molar-refractivity contribution in [1.29, 1.82) is 10.5 Å². The first-order chi connectivity index (χ1) is 15.4. The van der Waals surface area contributed by atoms with Gasteiger partial charge in [-0.2, -0.15) is 10.5 Å². The van der Waals surface area contributed by atoms with E-state index >= 15 is 0 Å². The Morgan fingerprint density at radius 3 is 2.53 bits per heavy atom. The van der Waals surface area contributed by atoms with Gasteiger partial charge < -0.3 is 4.90 Å². The van der Waals surface area contributed by atoms with E-state index in [0.29, 0.717) is 43.4 Å².